The van der Waals surface area contributed by atoms with Crippen LogP contribution in [0.4, 0.5) is 0 Å². The lowest BCUT2D eigenvalue weighted by Crippen LogP contribution is -2.59. The van der Waals surface area contributed by atoms with E-state index in [1.807, 2.05) is 13.1 Å². The van der Waals surface area contributed by atoms with Crippen molar-refractivity contribution in [2.24, 2.45) is 11.8 Å². The number of nitrogens with zero attached hydrogens (tertiary/aromatic N) is 2. The number of hydrogen-bond donors (Lipinski definition) is 1. The molecule has 0 amide bonds. The molecule has 3 unspecified atom stereocenters. The maximum Gasteiger partial charge on any atom is 0.0372 e. The normalized spacial score (nSPS) is 25.2. The van der Waals surface area contributed by atoms with Crippen LogP contribution < -0.4 is 5.32 Å². The number of aryl methyl sites for hydroxylation is 1. The summed E-state index contributed by atoms with van der Waals surface area (Å²) in [5, 5.41) is 3.77. The summed E-state index contributed by atoms with van der Waals surface area (Å²) >= 11 is 0. The molecule has 3 atom stereocenters. The van der Waals surface area contributed by atoms with Gasteiger partial charge in [0.1, 0.15) is 0 Å². The third-order valence-corrected chi connectivity index (χ3v) is 4.95. The molecule has 2 heterocycles. The highest BCUT2D eigenvalue weighted by atomic mass is 15.2. The molecule has 0 radical (unpaired) electrons. The van der Waals surface area contributed by atoms with Gasteiger partial charge in [0.05, 0.1) is 0 Å². The van der Waals surface area contributed by atoms with Crippen LogP contribution in [0.25, 0.3) is 0 Å². The van der Waals surface area contributed by atoms with Crippen molar-refractivity contribution in [2.45, 2.75) is 59.7 Å². The summed E-state index contributed by atoms with van der Waals surface area (Å²) in [6, 6.07) is 5.57. The lowest BCUT2D eigenvalue weighted by molar-refractivity contribution is 0.0752. The van der Waals surface area contributed by atoms with Crippen molar-refractivity contribution in [2.75, 3.05) is 13.1 Å². The molecule has 0 saturated carbocycles. The third kappa shape index (κ3) is 4.27. The maximum atomic E-state index is 4.44. The van der Waals surface area contributed by atoms with Gasteiger partial charge in [-0.15, -0.1) is 0 Å². The second kappa shape index (κ2) is 7.37. The number of piperazine rings is 1. The van der Waals surface area contributed by atoms with Gasteiger partial charge in [-0.2, -0.15) is 0 Å². The predicted octanol–water partition coefficient (Wildman–Crippen LogP) is 3.23. The summed E-state index contributed by atoms with van der Waals surface area (Å²) in [7, 11) is 0. The summed E-state index contributed by atoms with van der Waals surface area (Å²) in [5.41, 5.74) is 2.42. The lowest BCUT2D eigenvalue weighted by atomic mass is 9.92. The van der Waals surface area contributed by atoms with Crippen LogP contribution in [-0.4, -0.2) is 35.1 Å². The van der Waals surface area contributed by atoms with Crippen LogP contribution in [0, 0.1) is 18.8 Å². The standard InChI is InChI=1S/C18H31N3/c1-6-14(4)17-12-21(18(10-20-17)13(2)3)11-16-8-7-15(5)19-9-16/h7-9,13-14,17-18,20H,6,10-12H2,1-5H3. The molecule has 118 valence electrons. The molecule has 3 nitrogen and oxygen atoms in total. The number of rotatable bonds is 5. The van der Waals surface area contributed by atoms with Crippen LogP contribution in [0.15, 0.2) is 18.3 Å². The fourth-order valence-electron chi connectivity index (χ4n) is 3.19. The summed E-state index contributed by atoms with van der Waals surface area (Å²) < 4.78 is 0. The van der Waals surface area contributed by atoms with Gasteiger partial charge in [-0.1, -0.05) is 40.2 Å². The van der Waals surface area contributed by atoms with E-state index in [4.69, 9.17) is 0 Å². The summed E-state index contributed by atoms with van der Waals surface area (Å²) in [6.45, 7) is 14.6. The fourth-order valence-corrected chi connectivity index (χ4v) is 3.19. The largest absolute Gasteiger partial charge is 0.311 e. The van der Waals surface area contributed by atoms with E-state index in [9.17, 15) is 0 Å². The molecule has 2 rings (SSSR count). The van der Waals surface area contributed by atoms with E-state index in [0.29, 0.717) is 18.0 Å². The first-order chi connectivity index (χ1) is 10.0. The molecule has 3 heteroatoms. The number of hydrogen-bond acceptors (Lipinski definition) is 3. The molecule has 1 aliphatic rings. The SMILES string of the molecule is CCC(C)C1CN(Cc2ccc(C)nc2)C(C(C)C)CN1. The first-order valence-corrected chi connectivity index (χ1v) is 8.40. The Bertz CT molecular complexity index is 427. The highest BCUT2D eigenvalue weighted by Crippen LogP contribution is 2.21. The molecule has 1 aliphatic heterocycles. The van der Waals surface area contributed by atoms with Crippen molar-refractivity contribution >= 4 is 0 Å². The summed E-state index contributed by atoms with van der Waals surface area (Å²) in [4.78, 5) is 7.10. The van der Waals surface area contributed by atoms with Gasteiger partial charge in [0, 0.05) is 43.6 Å². The first kappa shape index (κ1) is 16.4. The van der Waals surface area contributed by atoms with E-state index in [-0.39, 0.29) is 0 Å². The van der Waals surface area contributed by atoms with Crippen molar-refractivity contribution in [1.29, 1.82) is 0 Å². The van der Waals surface area contributed by atoms with E-state index in [0.717, 1.165) is 31.2 Å². The van der Waals surface area contributed by atoms with Crippen LogP contribution in [0.3, 0.4) is 0 Å². The Hall–Kier alpha value is -0.930. The first-order valence-electron chi connectivity index (χ1n) is 8.40. The minimum Gasteiger partial charge on any atom is -0.311 e. The van der Waals surface area contributed by atoms with Crippen LogP contribution >= 0.6 is 0 Å². The average molecular weight is 289 g/mol. The van der Waals surface area contributed by atoms with Crippen LogP contribution in [-0.2, 0) is 6.54 Å². The number of pyridine rings is 1. The van der Waals surface area contributed by atoms with Crippen molar-refractivity contribution in [3.63, 3.8) is 0 Å². The third-order valence-electron chi connectivity index (χ3n) is 4.95. The van der Waals surface area contributed by atoms with Gasteiger partial charge in [-0.25, -0.2) is 0 Å². The minimum atomic E-state index is 0.614. The van der Waals surface area contributed by atoms with Gasteiger partial charge in [-0.05, 0) is 30.4 Å². The molecular formula is C18H31N3. The quantitative estimate of drug-likeness (QED) is 0.902. The van der Waals surface area contributed by atoms with Crippen molar-refractivity contribution < 1.29 is 0 Å². The molecule has 1 aromatic rings. The topological polar surface area (TPSA) is 28.2 Å². The van der Waals surface area contributed by atoms with E-state index < -0.39 is 0 Å². The zero-order valence-corrected chi connectivity index (χ0v) is 14.3. The molecule has 0 aromatic carbocycles. The number of aromatic nitrogens is 1. The molecule has 0 bridgehead atoms. The van der Waals surface area contributed by atoms with Crippen LogP contribution in [0.5, 0.6) is 0 Å². The Kier molecular flexibility index (Phi) is 5.77. The summed E-state index contributed by atoms with van der Waals surface area (Å²) in [5.74, 6) is 1.41. The van der Waals surface area contributed by atoms with E-state index in [2.05, 4.69) is 55.0 Å². The molecule has 0 spiro atoms. The van der Waals surface area contributed by atoms with Gasteiger partial charge < -0.3 is 5.32 Å². The fraction of sp³-hybridized carbons (Fsp3) is 0.722. The Morgan fingerprint density at radius 3 is 2.67 bits per heavy atom. The van der Waals surface area contributed by atoms with Gasteiger partial charge in [0.25, 0.3) is 0 Å². The molecule has 1 fully saturated rings. The second-order valence-corrected chi connectivity index (χ2v) is 6.95. The monoisotopic (exact) mass is 289 g/mol. The average Bonchev–Trinajstić information content (AvgIpc) is 2.48. The second-order valence-electron chi connectivity index (χ2n) is 6.95. The predicted molar refractivity (Wildman–Crippen MR) is 89.3 cm³/mol. The maximum absolute atomic E-state index is 4.44. The minimum absolute atomic E-state index is 0.614. The smallest absolute Gasteiger partial charge is 0.0372 e. The molecule has 1 saturated heterocycles. The van der Waals surface area contributed by atoms with Crippen LogP contribution in [0.1, 0.15) is 45.4 Å². The van der Waals surface area contributed by atoms with Crippen LogP contribution in [0.2, 0.25) is 0 Å². The molecule has 1 N–H and O–H groups in total. The van der Waals surface area contributed by atoms with Gasteiger partial charge >= 0.3 is 0 Å². The molecular weight excluding hydrogens is 258 g/mol. The van der Waals surface area contributed by atoms with Crippen molar-refractivity contribution in [1.82, 2.24) is 15.2 Å². The zero-order valence-electron chi connectivity index (χ0n) is 14.3. The number of nitrogens with one attached hydrogen (secondary N) is 1. The van der Waals surface area contributed by atoms with Gasteiger partial charge in [0.2, 0.25) is 0 Å². The van der Waals surface area contributed by atoms with Crippen molar-refractivity contribution in [3.05, 3.63) is 29.6 Å². The zero-order chi connectivity index (χ0) is 15.4. The Labute approximate surface area is 130 Å². The Balaban J connectivity index is 2.08. The molecule has 21 heavy (non-hydrogen) atoms. The van der Waals surface area contributed by atoms with E-state index in [1.54, 1.807) is 0 Å². The molecule has 0 aliphatic carbocycles. The molecule has 1 aromatic heterocycles. The van der Waals surface area contributed by atoms with Gasteiger partial charge in [0.15, 0.2) is 0 Å². The Morgan fingerprint density at radius 1 is 1.33 bits per heavy atom. The highest BCUT2D eigenvalue weighted by molar-refractivity contribution is 5.13. The van der Waals surface area contributed by atoms with E-state index in [1.165, 1.54) is 12.0 Å². The Morgan fingerprint density at radius 2 is 2.10 bits per heavy atom. The lowest BCUT2D eigenvalue weighted by Gasteiger charge is -2.44. The highest BCUT2D eigenvalue weighted by Gasteiger charge is 2.31. The van der Waals surface area contributed by atoms with Crippen molar-refractivity contribution in [3.8, 4) is 0 Å². The summed E-state index contributed by atoms with van der Waals surface area (Å²) in [6.07, 6.45) is 3.27. The van der Waals surface area contributed by atoms with Gasteiger partial charge in [-0.3, -0.25) is 9.88 Å². The van der Waals surface area contributed by atoms with E-state index >= 15 is 0 Å².